The molecular formula is C25H38N2O2. The van der Waals surface area contributed by atoms with Gasteiger partial charge in [0.15, 0.2) is 0 Å². The lowest BCUT2D eigenvalue weighted by Gasteiger charge is -2.36. The van der Waals surface area contributed by atoms with Crippen LogP contribution in [0, 0.1) is 18.8 Å². The number of benzene rings is 1. The maximum atomic E-state index is 13.2. The van der Waals surface area contributed by atoms with Crippen molar-refractivity contribution in [3.05, 3.63) is 35.4 Å². The second-order valence-electron chi connectivity index (χ2n) is 9.51. The van der Waals surface area contributed by atoms with Crippen molar-refractivity contribution in [1.29, 1.82) is 0 Å². The van der Waals surface area contributed by atoms with Crippen LogP contribution < -0.4 is 0 Å². The summed E-state index contributed by atoms with van der Waals surface area (Å²) in [7, 11) is 0. The van der Waals surface area contributed by atoms with E-state index in [0.29, 0.717) is 11.8 Å². The van der Waals surface area contributed by atoms with Gasteiger partial charge < -0.3 is 9.64 Å². The highest BCUT2D eigenvalue weighted by atomic mass is 16.5. The van der Waals surface area contributed by atoms with E-state index in [1.165, 1.54) is 36.8 Å². The zero-order chi connectivity index (χ0) is 20.1. The average Bonchev–Trinajstić information content (AvgIpc) is 3.44. The molecule has 4 nitrogen and oxygen atoms in total. The molecule has 1 atom stereocenters. The molecule has 0 N–H and O–H groups in total. The molecule has 0 bridgehead atoms. The molecule has 0 aromatic heterocycles. The average molecular weight is 399 g/mol. The minimum atomic E-state index is 0.265. The number of rotatable bonds is 7. The van der Waals surface area contributed by atoms with Crippen molar-refractivity contribution in [3.63, 3.8) is 0 Å². The maximum absolute atomic E-state index is 13.2. The lowest BCUT2D eigenvalue weighted by atomic mass is 9.94. The number of aryl methyl sites for hydroxylation is 1. The van der Waals surface area contributed by atoms with Crippen LogP contribution in [0.25, 0.3) is 0 Å². The van der Waals surface area contributed by atoms with Gasteiger partial charge in [0.1, 0.15) is 0 Å². The van der Waals surface area contributed by atoms with Crippen LogP contribution in [0.4, 0.5) is 0 Å². The largest absolute Gasteiger partial charge is 0.376 e. The second-order valence-corrected chi connectivity index (χ2v) is 9.51. The molecule has 2 heterocycles. The molecule has 3 aliphatic rings. The Labute approximate surface area is 176 Å². The smallest absolute Gasteiger partial charge is 0.225 e. The van der Waals surface area contributed by atoms with E-state index in [1.54, 1.807) is 0 Å². The molecule has 4 rings (SSSR count). The third-order valence-electron chi connectivity index (χ3n) is 7.31. The van der Waals surface area contributed by atoms with Gasteiger partial charge in [0.05, 0.1) is 6.10 Å². The first-order valence-electron chi connectivity index (χ1n) is 11.9. The minimum Gasteiger partial charge on any atom is -0.376 e. The predicted octanol–water partition coefficient (Wildman–Crippen LogP) is 4.40. The van der Waals surface area contributed by atoms with E-state index in [0.717, 1.165) is 65.0 Å². The molecule has 1 saturated carbocycles. The van der Waals surface area contributed by atoms with Crippen molar-refractivity contribution in [1.82, 2.24) is 9.80 Å². The van der Waals surface area contributed by atoms with Crippen molar-refractivity contribution >= 4 is 5.91 Å². The van der Waals surface area contributed by atoms with Gasteiger partial charge in [0, 0.05) is 32.2 Å². The molecule has 1 aromatic carbocycles. The first kappa shape index (κ1) is 20.9. The van der Waals surface area contributed by atoms with Gasteiger partial charge in [-0.15, -0.1) is 0 Å². The number of hydrogen-bond acceptors (Lipinski definition) is 3. The van der Waals surface area contributed by atoms with Crippen molar-refractivity contribution < 1.29 is 9.53 Å². The van der Waals surface area contributed by atoms with Crippen molar-refractivity contribution in [2.24, 2.45) is 11.8 Å². The van der Waals surface area contributed by atoms with Crippen LogP contribution in [-0.4, -0.2) is 54.6 Å². The van der Waals surface area contributed by atoms with Crippen LogP contribution >= 0.6 is 0 Å². The Morgan fingerprint density at radius 3 is 2.48 bits per heavy atom. The summed E-state index contributed by atoms with van der Waals surface area (Å²) >= 11 is 0. The van der Waals surface area contributed by atoms with Crippen molar-refractivity contribution in [2.75, 3.05) is 32.8 Å². The Morgan fingerprint density at radius 1 is 1.03 bits per heavy atom. The molecule has 1 aromatic rings. The number of ether oxygens (including phenoxy) is 1. The van der Waals surface area contributed by atoms with Crippen molar-refractivity contribution in [3.8, 4) is 0 Å². The summed E-state index contributed by atoms with van der Waals surface area (Å²) in [6.07, 6.45) is 9.56. The van der Waals surface area contributed by atoms with Crippen molar-refractivity contribution in [2.45, 2.75) is 70.9 Å². The molecule has 1 aliphatic carbocycles. The number of carbonyl (C=O) groups is 1. The highest BCUT2D eigenvalue weighted by Gasteiger charge is 2.32. The molecule has 0 spiro atoms. The minimum absolute atomic E-state index is 0.265. The van der Waals surface area contributed by atoms with Gasteiger partial charge >= 0.3 is 0 Å². The maximum Gasteiger partial charge on any atom is 0.225 e. The fraction of sp³-hybridized carbons (Fsp3) is 0.720. The van der Waals surface area contributed by atoms with Gasteiger partial charge in [-0.05, 0) is 75.6 Å². The molecule has 2 aliphatic heterocycles. The van der Waals surface area contributed by atoms with Gasteiger partial charge in [-0.2, -0.15) is 0 Å². The topological polar surface area (TPSA) is 32.8 Å². The van der Waals surface area contributed by atoms with E-state index in [1.807, 2.05) is 0 Å². The predicted molar refractivity (Wildman–Crippen MR) is 117 cm³/mol. The summed E-state index contributed by atoms with van der Waals surface area (Å²) in [5, 5.41) is 0. The zero-order valence-corrected chi connectivity index (χ0v) is 18.2. The van der Waals surface area contributed by atoms with E-state index >= 15 is 0 Å². The van der Waals surface area contributed by atoms with E-state index in [9.17, 15) is 4.79 Å². The summed E-state index contributed by atoms with van der Waals surface area (Å²) in [6.45, 7) is 8.17. The Morgan fingerprint density at radius 2 is 1.79 bits per heavy atom. The number of piperidine rings is 1. The normalized spacial score (nSPS) is 24.2. The molecular weight excluding hydrogens is 360 g/mol. The molecule has 0 radical (unpaired) electrons. The number of hydrogen-bond donors (Lipinski definition) is 0. The first-order chi connectivity index (χ1) is 14.2. The van der Waals surface area contributed by atoms with E-state index in [-0.39, 0.29) is 12.0 Å². The third-order valence-corrected chi connectivity index (χ3v) is 7.31. The number of likely N-dealkylation sites (tertiary alicyclic amines) is 1. The summed E-state index contributed by atoms with van der Waals surface area (Å²) in [5.74, 6) is 1.33. The van der Waals surface area contributed by atoms with Crippen LogP contribution in [0.1, 0.15) is 62.5 Å². The third kappa shape index (κ3) is 5.61. The monoisotopic (exact) mass is 398 g/mol. The zero-order valence-electron chi connectivity index (χ0n) is 18.2. The highest BCUT2D eigenvalue weighted by Crippen LogP contribution is 2.29. The Balaban J connectivity index is 1.30. The van der Waals surface area contributed by atoms with Crippen LogP contribution in [0.2, 0.25) is 0 Å². The summed E-state index contributed by atoms with van der Waals surface area (Å²) in [6, 6.07) is 8.73. The number of amides is 1. The van der Waals surface area contributed by atoms with Crippen LogP contribution in [0.15, 0.2) is 24.3 Å². The fourth-order valence-corrected chi connectivity index (χ4v) is 5.39. The SMILES string of the molecule is Cc1ccccc1CN1CCC(CN(C[C@@H]2CCCO2)C(=O)C2CCCC2)CC1. The molecule has 160 valence electrons. The second kappa shape index (κ2) is 10.1. The van der Waals surface area contributed by atoms with Gasteiger partial charge in [-0.1, -0.05) is 37.1 Å². The van der Waals surface area contributed by atoms with E-state index in [4.69, 9.17) is 4.74 Å². The first-order valence-corrected chi connectivity index (χ1v) is 11.9. The lowest BCUT2D eigenvalue weighted by molar-refractivity contribution is -0.138. The van der Waals surface area contributed by atoms with Gasteiger partial charge in [-0.3, -0.25) is 9.69 Å². The van der Waals surface area contributed by atoms with E-state index in [2.05, 4.69) is 41.0 Å². The van der Waals surface area contributed by atoms with Crippen LogP contribution in [0.5, 0.6) is 0 Å². The quantitative estimate of drug-likeness (QED) is 0.682. The molecule has 2 saturated heterocycles. The lowest BCUT2D eigenvalue weighted by Crippen LogP contribution is -2.45. The molecule has 29 heavy (non-hydrogen) atoms. The number of carbonyl (C=O) groups excluding carboxylic acids is 1. The summed E-state index contributed by atoms with van der Waals surface area (Å²) < 4.78 is 5.88. The highest BCUT2D eigenvalue weighted by molar-refractivity contribution is 5.79. The molecule has 4 heteroatoms. The fourth-order valence-electron chi connectivity index (χ4n) is 5.39. The van der Waals surface area contributed by atoms with Crippen LogP contribution in [-0.2, 0) is 16.1 Å². The Hall–Kier alpha value is -1.39. The summed E-state index contributed by atoms with van der Waals surface area (Å²) in [5.41, 5.74) is 2.84. The van der Waals surface area contributed by atoms with E-state index < -0.39 is 0 Å². The molecule has 3 fully saturated rings. The van der Waals surface area contributed by atoms with Gasteiger partial charge in [-0.25, -0.2) is 0 Å². The van der Waals surface area contributed by atoms with Gasteiger partial charge in [0.25, 0.3) is 0 Å². The standard InChI is InChI=1S/C25H38N2O2/c1-20-7-2-3-10-23(20)18-26-14-12-21(13-15-26)17-27(19-24-11-6-16-29-24)25(28)22-8-4-5-9-22/h2-3,7,10,21-22,24H,4-6,8-9,11-19H2,1H3/t24-/m0/s1. The number of nitrogens with zero attached hydrogens (tertiary/aromatic N) is 2. The molecule has 1 amide bonds. The molecule has 0 unspecified atom stereocenters. The van der Waals surface area contributed by atoms with Crippen LogP contribution in [0.3, 0.4) is 0 Å². The Bertz CT molecular complexity index is 657. The van der Waals surface area contributed by atoms with Gasteiger partial charge in [0.2, 0.25) is 5.91 Å². The summed E-state index contributed by atoms with van der Waals surface area (Å²) in [4.78, 5) is 18.0. The Kier molecular flexibility index (Phi) is 7.25.